The van der Waals surface area contributed by atoms with Crippen LogP contribution in [0.15, 0.2) is 0 Å². The van der Waals surface area contributed by atoms with E-state index in [4.69, 9.17) is 14.0 Å². The van der Waals surface area contributed by atoms with Gasteiger partial charge in [0.25, 0.3) is 0 Å². The fourth-order valence-corrected chi connectivity index (χ4v) is 2.32. The molecule has 19 heavy (non-hydrogen) atoms. The zero-order chi connectivity index (χ0) is 14.3. The Morgan fingerprint density at radius 1 is 1.53 bits per heavy atom. The molecule has 0 bridgehead atoms. The molecule has 3 N–H and O–H groups in total. The van der Waals surface area contributed by atoms with Gasteiger partial charge in [0.15, 0.2) is 5.44 Å². The highest BCUT2D eigenvalue weighted by atomic mass is 32.2. The Kier molecular flexibility index (Phi) is 7.66. The average molecular weight is 294 g/mol. The van der Waals surface area contributed by atoms with E-state index in [1.165, 1.54) is 0 Å². The number of ether oxygens (including phenoxy) is 1. The van der Waals surface area contributed by atoms with Gasteiger partial charge in [0.2, 0.25) is 5.91 Å². The minimum Gasteiger partial charge on any atom is -0.394 e. The van der Waals surface area contributed by atoms with Crippen LogP contribution in [0.4, 0.5) is 0 Å². The molecule has 0 spiro atoms. The first-order chi connectivity index (χ1) is 9.04. The van der Waals surface area contributed by atoms with Crippen molar-refractivity contribution in [3.05, 3.63) is 0 Å². The lowest BCUT2D eigenvalue weighted by Crippen LogP contribution is -2.34. The number of aliphatic hydroxyl groups excluding tert-OH is 2. The molecule has 0 aromatic rings. The summed E-state index contributed by atoms with van der Waals surface area (Å²) in [5.74, 6) is -0.0843. The van der Waals surface area contributed by atoms with Crippen molar-refractivity contribution in [3.8, 4) is 0 Å². The topological polar surface area (TPSA) is 91.3 Å². The lowest BCUT2D eigenvalue weighted by atomic mass is 10.2. The highest BCUT2D eigenvalue weighted by molar-refractivity contribution is 7.95. The summed E-state index contributed by atoms with van der Waals surface area (Å²) in [6, 6.07) is 0. The number of nitrogens with one attached hydrogen (secondary N) is 1. The van der Waals surface area contributed by atoms with Crippen LogP contribution in [0, 0.1) is 0 Å². The molecule has 1 rings (SSSR count). The smallest absolute Gasteiger partial charge is 0.222 e. The van der Waals surface area contributed by atoms with Gasteiger partial charge in [-0.25, -0.2) is 0 Å². The summed E-state index contributed by atoms with van der Waals surface area (Å²) in [5.41, 5.74) is -0.549. The maximum Gasteiger partial charge on any atom is 0.222 e. The summed E-state index contributed by atoms with van der Waals surface area (Å²) in [7, 11) is 3.87. The average Bonchev–Trinajstić information content (AvgIpc) is 2.70. The number of hydrogen-bond donors (Lipinski definition) is 3. The Hall–Kier alpha value is -0.380. The first-order valence-electron chi connectivity index (χ1n) is 6.18. The molecule has 7 nitrogen and oxygen atoms in total. The van der Waals surface area contributed by atoms with Gasteiger partial charge < -0.3 is 29.3 Å². The molecular weight excluding hydrogens is 272 g/mol. The van der Waals surface area contributed by atoms with Crippen LogP contribution in [0.1, 0.15) is 6.42 Å². The van der Waals surface area contributed by atoms with E-state index in [2.05, 4.69) is 5.32 Å². The molecule has 0 radical (unpaired) electrons. The summed E-state index contributed by atoms with van der Waals surface area (Å²) < 4.78 is 10.4. The van der Waals surface area contributed by atoms with Crippen LogP contribution in [0.25, 0.3) is 0 Å². The molecule has 0 aromatic carbocycles. The first-order valence-corrected chi connectivity index (χ1v) is 6.99. The van der Waals surface area contributed by atoms with Gasteiger partial charge in [-0.05, 0) is 14.1 Å². The predicted octanol–water partition coefficient (Wildman–Crippen LogP) is -1.20. The van der Waals surface area contributed by atoms with E-state index >= 15 is 0 Å². The minimum absolute atomic E-state index is 0.0843. The maximum absolute atomic E-state index is 11.5. The third-order valence-corrected chi connectivity index (χ3v) is 3.57. The van der Waals surface area contributed by atoms with E-state index in [1.807, 2.05) is 19.0 Å². The van der Waals surface area contributed by atoms with Crippen LogP contribution >= 0.6 is 12.0 Å². The molecule has 1 amide bonds. The van der Waals surface area contributed by atoms with Gasteiger partial charge in [0.1, 0.15) is 12.2 Å². The summed E-state index contributed by atoms with van der Waals surface area (Å²) in [4.78, 5) is 13.4. The maximum atomic E-state index is 11.5. The highest BCUT2D eigenvalue weighted by Gasteiger charge is 2.37. The molecule has 8 heteroatoms. The molecule has 3 atom stereocenters. The van der Waals surface area contributed by atoms with Crippen molar-refractivity contribution >= 4 is 17.9 Å². The number of carbonyl (C=O) groups excluding carboxylic acids is 1. The number of hydrogen-bond acceptors (Lipinski definition) is 7. The normalized spacial score (nSPS) is 26.9. The van der Waals surface area contributed by atoms with Gasteiger partial charge in [0, 0.05) is 25.1 Å². The van der Waals surface area contributed by atoms with Crippen molar-refractivity contribution in [3.63, 3.8) is 0 Å². The molecule has 1 aliphatic rings. The Bertz CT molecular complexity index is 280. The largest absolute Gasteiger partial charge is 0.394 e. The molecule has 1 saturated heterocycles. The third kappa shape index (κ3) is 6.07. The minimum atomic E-state index is -0.869. The molecule has 2 unspecified atom stereocenters. The van der Waals surface area contributed by atoms with Gasteiger partial charge in [0.05, 0.1) is 19.6 Å². The zero-order valence-corrected chi connectivity index (χ0v) is 12.1. The van der Waals surface area contributed by atoms with Crippen LogP contribution < -0.4 is 5.32 Å². The van der Waals surface area contributed by atoms with E-state index in [0.29, 0.717) is 6.54 Å². The molecule has 0 aromatic heterocycles. The van der Waals surface area contributed by atoms with Gasteiger partial charge in [-0.15, -0.1) is 0 Å². The molecule has 0 aliphatic carbocycles. The second kappa shape index (κ2) is 8.72. The second-order valence-corrected chi connectivity index (χ2v) is 5.40. The lowest BCUT2D eigenvalue weighted by Gasteiger charge is -2.15. The van der Waals surface area contributed by atoms with Crippen molar-refractivity contribution < 1.29 is 23.9 Å². The van der Waals surface area contributed by atoms with E-state index in [1.54, 1.807) is 0 Å². The Morgan fingerprint density at radius 2 is 2.26 bits per heavy atom. The molecular formula is C11H22N2O5S. The standard InChI is InChI=1S/C11H22N2O5S/c1-13(2)5-4-12-9(15)3-6-17-11-10(16)8(7-14)18-19-11/h8,10-11,14,16H,3-7H2,1-2H3,(H,12,15)/t8-,10?,11?/m1/s1. The molecule has 1 aliphatic heterocycles. The number of rotatable bonds is 8. The third-order valence-electron chi connectivity index (χ3n) is 2.61. The van der Waals surface area contributed by atoms with Crippen LogP contribution in [0.3, 0.4) is 0 Å². The van der Waals surface area contributed by atoms with E-state index < -0.39 is 17.6 Å². The van der Waals surface area contributed by atoms with E-state index in [-0.39, 0.29) is 25.5 Å². The summed E-state index contributed by atoms with van der Waals surface area (Å²) in [5, 5.41) is 21.3. The van der Waals surface area contributed by atoms with Crippen molar-refractivity contribution in [2.45, 2.75) is 24.1 Å². The first kappa shape index (κ1) is 16.7. The summed E-state index contributed by atoms with van der Waals surface area (Å²) in [6.07, 6.45) is -1.25. The second-order valence-electron chi connectivity index (χ2n) is 4.55. The van der Waals surface area contributed by atoms with Gasteiger partial charge in [-0.2, -0.15) is 0 Å². The quantitative estimate of drug-likeness (QED) is 0.484. The SMILES string of the molecule is CN(C)CCNC(=O)CCOC1SO[C@H](CO)C1O. The molecule has 112 valence electrons. The zero-order valence-electron chi connectivity index (χ0n) is 11.2. The van der Waals surface area contributed by atoms with Crippen LogP contribution in [-0.2, 0) is 13.7 Å². The van der Waals surface area contributed by atoms with Crippen LogP contribution in [0.5, 0.6) is 0 Å². The van der Waals surface area contributed by atoms with Crippen molar-refractivity contribution in [2.24, 2.45) is 0 Å². The van der Waals surface area contributed by atoms with Gasteiger partial charge in [-0.1, -0.05) is 0 Å². The Labute approximate surface area is 117 Å². The fourth-order valence-electron chi connectivity index (χ4n) is 1.46. The number of carbonyl (C=O) groups is 1. The molecule has 0 saturated carbocycles. The van der Waals surface area contributed by atoms with Crippen LogP contribution in [-0.4, -0.2) is 79.1 Å². The van der Waals surface area contributed by atoms with E-state index in [0.717, 1.165) is 18.6 Å². The van der Waals surface area contributed by atoms with Crippen molar-refractivity contribution in [2.75, 3.05) is 40.4 Å². The lowest BCUT2D eigenvalue weighted by molar-refractivity contribution is -0.122. The fraction of sp³-hybridized carbons (Fsp3) is 0.909. The van der Waals surface area contributed by atoms with Gasteiger partial charge >= 0.3 is 0 Å². The Balaban J connectivity index is 2.08. The monoisotopic (exact) mass is 294 g/mol. The predicted molar refractivity (Wildman–Crippen MR) is 71.5 cm³/mol. The Morgan fingerprint density at radius 3 is 2.84 bits per heavy atom. The number of likely N-dealkylation sites (N-methyl/N-ethyl adjacent to an activating group) is 1. The van der Waals surface area contributed by atoms with E-state index in [9.17, 15) is 9.90 Å². The molecule has 1 fully saturated rings. The number of amides is 1. The van der Waals surface area contributed by atoms with Crippen molar-refractivity contribution in [1.82, 2.24) is 10.2 Å². The van der Waals surface area contributed by atoms with Crippen LogP contribution in [0.2, 0.25) is 0 Å². The molecule has 1 heterocycles. The van der Waals surface area contributed by atoms with Crippen molar-refractivity contribution in [1.29, 1.82) is 0 Å². The highest BCUT2D eigenvalue weighted by Crippen LogP contribution is 2.30. The summed E-state index contributed by atoms with van der Waals surface area (Å²) >= 11 is 0.986. The van der Waals surface area contributed by atoms with Gasteiger partial charge in [-0.3, -0.25) is 4.79 Å². The summed E-state index contributed by atoms with van der Waals surface area (Å²) in [6.45, 7) is 1.35. The number of nitrogens with zero attached hydrogens (tertiary/aromatic N) is 1. The number of aliphatic hydroxyl groups is 2.